The van der Waals surface area contributed by atoms with Gasteiger partial charge in [0.25, 0.3) is 0 Å². The molecule has 1 aliphatic heterocycles. The van der Waals surface area contributed by atoms with E-state index in [-0.39, 0.29) is 6.10 Å². The molecular weight excluding hydrogens is 200 g/mol. The Kier molecular flexibility index (Phi) is 3.12. The van der Waals surface area contributed by atoms with Crippen molar-refractivity contribution in [2.75, 3.05) is 18.0 Å². The lowest BCUT2D eigenvalue weighted by molar-refractivity contribution is 0.136. The minimum Gasteiger partial charge on any atom is -0.393 e. The normalized spacial score (nSPS) is 21.8. The minimum absolute atomic E-state index is 0.246. The quantitative estimate of drug-likeness (QED) is 0.819. The second-order valence-corrected chi connectivity index (χ2v) is 4.40. The highest BCUT2D eigenvalue weighted by Gasteiger charge is 2.25. The molecule has 0 aromatic heterocycles. The van der Waals surface area contributed by atoms with Crippen molar-refractivity contribution in [1.82, 2.24) is 0 Å². The van der Waals surface area contributed by atoms with E-state index in [1.54, 1.807) is 0 Å². The van der Waals surface area contributed by atoms with Gasteiger partial charge in [-0.15, -0.1) is 0 Å². The molecule has 1 heterocycles. The molecule has 3 heteroatoms. The predicted molar refractivity (Wildman–Crippen MR) is 63.2 cm³/mol. The fourth-order valence-electron chi connectivity index (χ4n) is 2.19. The molecular formula is C13H16N2O. The molecule has 2 rings (SSSR count). The molecule has 1 saturated heterocycles. The molecule has 0 radical (unpaired) electrons. The maximum Gasteiger partial charge on any atom is 0.0992 e. The van der Waals surface area contributed by atoms with Crippen molar-refractivity contribution in [3.8, 4) is 6.07 Å². The Morgan fingerprint density at radius 2 is 2.38 bits per heavy atom. The lowest BCUT2D eigenvalue weighted by atomic mass is 10.0. The molecule has 3 nitrogen and oxygen atoms in total. The van der Waals surface area contributed by atoms with Crippen LogP contribution in [0.3, 0.4) is 0 Å². The van der Waals surface area contributed by atoms with Gasteiger partial charge in [0.05, 0.1) is 17.7 Å². The van der Waals surface area contributed by atoms with Crippen molar-refractivity contribution < 1.29 is 5.11 Å². The Morgan fingerprint density at radius 1 is 1.56 bits per heavy atom. The summed E-state index contributed by atoms with van der Waals surface area (Å²) >= 11 is 0. The molecule has 1 aromatic rings. The van der Waals surface area contributed by atoms with Crippen molar-refractivity contribution in [2.24, 2.45) is 5.92 Å². The number of anilines is 1. The molecule has 0 spiro atoms. The molecule has 0 saturated carbocycles. The highest BCUT2D eigenvalue weighted by molar-refractivity contribution is 5.52. The third kappa shape index (κ3) is 2.17. The third-order valence-electron chi connectivity index (χ3n) is 3.25. The number of hydrogen-bond acceptors (Lipinski definition) is 3. The standard InChI is InChI=1S/C13H16N2O/c1-10(16)12-5-6-15(9-12)13-4-2-3-11(7-13)8-14/h2-4,7,10,12,16H,5-6,9H2,1H3. The van der Waals surface area contributed by atoms with E-state index >= 15 is 0 Å². The van der Waals surface area contributed by atoms with Crippen LogP contribution in [0.2, 0.25) is 0 Å². The van der Waals surface area contributed by atoms with Crippen LogP contribution in [-0.2, 0) is 0 Å². The van der Waals surface area contributed by atoms with Gasteiger partial charge in [0.2, 0.25) is 0 Å². The van der Waals surface area contributed by atoms with Gasteiger partial charge in [-0.25, -0.2) is 0 Å². The number of rotatable bonds is 2. The largest absolute Gasteiger partial charge is 0.393 e. The van der Waals surface area contributed by atoms with E-state index in [0.29, 0.717) is 11.5 Å². The highest BCUT2D eigenvalue weighted by Crippen LogP contribution is 2.26. The Hall–Kier alpha value is -1.53. The van der Waals surface area contributed by atoms with Crippen LogP contribution in [0.25, 0.3) is 0 Å². The lowest BCUT2D eigenvalue weighted by Crippen LogP contribution is -2.23. The maximum atomic E-state index is 9.54. The number of hydrogen-bond donors (Lipinski definition) is 1. The third-order valence-corrected chi connectivity index (χ3v) is 3.25. The molecule has 1 aromatic carbocycles. The van der Waals surface area contributed by atoms with Crippen molar-refractivity contribution in [1.29, 1.82) is 5.26 Å². The Morgan fingerprint density at radius 3 is 3.00 bits per heavy atom. The average molecular weight is 216 g/mol. The van der Waals surface area contributed by atoms with Gasteiger partial charge in [0, 0.05) is 24.7 Å². The predicted octanol–water partition coefficient (Wildman–Crippen LogP) is 1.77. The van der Waals surface area contributed by atoms with Crippen LogP contribution in [0.4, 0.5) is 5.69 Å². The summed E-state index contributed by atoms with van der Waals surface area (Å²) in [6, 6.07) is 9.79. The number of aliphatic hydroxyl groups excluding tert-OH is 1. The summed E-state index contributed by atoms with van der Waals surface area (Å²) in [7, 11) is 0. The maximum absolute atomic E-state index is 9.54. The zero-order valence-corrected chi connectivity index (χ0v) is 9.43. The Bertz CT molecular complexity index is 409. The topological polar surface area (TPSA) is 47.3 Å². The molecule has 1 N–H and O–H groups in total. The van der Waals surface area contributed by atoms with Crippen LogP contribution >= 0.6 is 0 Å². The van der Waals surface area contributed by atoms with Crippen LogP contribution in [0.1, 0.15) is 18.9 Å². The van der Waals surface area contributed by atoms with Crippen LogP contribution in [0, 0.1) is 17.2 Å². The van der Waals surface area contributed by atoms with Crippen LogP contribution in [-0.4, -0.2) is 24.3 Å². The van der Waals surface area contributed by atoms with Crippen molar-refractivity contribution in [3.63, 3.8) is 0 Å². The van der Waals surface area contributed by atoms with Gasteiger partial charge in [-0.2, -0.15) is 5.26 Å². The second-order valence-electron chi connectivity index (χ2n) is 4.40. The minimum atomic E-state index is -0.246. The number of nitriles is 1. The van der Waals surface area contributed by atoms with Gasteiger partial charge >= 0.3 is 0 Å². The highest BCUT2D eigenvalue weighted by atomic mass is 16.3. The Balaban J connectivity index is 2.12. The summed E-state index contributed by atoms with van der Waals surface area (Å²) in [6.45, 7) is 3.69. The number of nitrogens with zero attached hydrogens (tertiary/aromatic N) is 2. The molecule has 84 valence electrons. The first-order valence-corrected chi connectivity index (χ1v) is 5.64. The van der Waals surface area contributed by atoms with Gasteiger partial charge in [0.1, 0.15) is 0 Å². The molecule has 0 bridgehead atoms. The van der Waals surface area contributed by atoms with Crippen molar-refractivity contribution in [3.05, 3.63) is 29.8 Å². The summed E-state index contributed by atoms with van der Waals surface area (Å²) in [4.78, 5) is 2.23. The summed E-state index contributed by atoms with van der Waals surface area (Å²) in [5, 5.41) is 18.4. The van der Waals surface area contributed by atoms with Crippen LogP contribution in [0.15, 0.2) is 24.3 Å². The molecule has 2 atom stereocenters. The fourth-order valence-corrected chi connectivity index (χ4v) is 2.19. The number of benzene rings is 1. The molecule has 0 aliphatic carbocycles. The molecule has 16 heavy (non-hydrogen) atoms. The van der Waals surface area contributed by atoms with E-state index in [9.17, 15) is 5.11 Å². The molecule has 1 aliphatic rings. The smallest absolute Gasteiger partial charge is 0.0992 e. The average Bonchev–Trinajstić information content (AvgIpc) is 2.78. The van der Waals surface area contributed by atoms with Crippen LogP contribution in [0.5, 0.6) is 0 Å². The summed E-state index contributed by atoms with van der Waals surface area (Å²) in [5.74, 6) is 0.353. The van der Waals surface area contributed by atoms with E-state index in [0.717, 1.165) is 25.2 Å². The van der Waals surface area contributed by atoms with E-state index in [1.165, 1.54) is 0 Å². The molecule has 1 fully saturated rings. The van der Waals surface area contributed by atoms with E-state index in [4.69, 9.17) is 5.26 Å². The van der Waals surface area contributed by atoms with Crippen molar-refractivity contribution >= 4 is 5.69 Å². The van der Waals surface area contributed by atoms with Gasteiger partial charge in [-0.05, 0) is 31.5 Å². The lowest BCUT2D eigenvalue weighted by Gasteiger charge is -2.19. The van der Waals surface area contributed by atoms with Gasteiger partial charge in [0.15, 0.2) is 0 Å². The molecule has 2 unspecified atom stereocenters. The fraction of sp³-hybridized carbons (Fsp3) is 0.462. The zero-order chi connectivity index (χ0) is 11.5. The van der Waals surface area contributed by atoms with Crippen molar-refractivity contribution in [2.45, 2.75) is 19.4 Å². The van der Waals surface area contributed by atoms with E-state index in [1.807, 2.05) is 31.2 Å². The number of aliphatic hydroxyl groups is 1. The first kappa shape index (κ1) is 11.0. The zero-order valence-electron chi connectivity index (χ0n) is 9.43. The Labute approximate surface area is 95.9 Å². The van der Waals surface area contributed by atoms with E-state index in [2.05, 4.69) is 11.0 Å². The second kappa shape index (κ2) is 4.54. The van der Waals surface area contributed by atoms with Gasteiger partial charge < -0.3 is 10.0 Å². The molecule has 0 amide bonds. The van der Waals surface area contributed by atoms with E-state index < -0.39 is 0 Å². The monoisotopic (exact) mass is 216 g/mol. The summed E-state index contributed by atoms with van der Waals surface area (Å²) in [5.41, 5.74) is 1.78. The SMILES string of the molecule is CC(O)C1CCN(c2cccc(C#N)c2)C1. The van der Waals surface area contributed by atoms with Crippen LogP contribution < -0.4 is 4.90 Å². The van der Waals surface area contributed by atoms with Gasteiger partial charge in [-0.3, -0.25) is 0 Å². The van der Waals surface area contributed by atoms with Gasteiger partial charge in [-0.1, -0.05) is 6.07 Å². The first-order chi connectivity index (χ1) is 7.70. The summed E-state index contributed by atoms with van der Waals surface area (Å²) < 4.78 is 0. The first-order valence-electron chi connectivity index (χ1n) is 5.64. The summed E-state index contributed by atoms with van der Waals surface area (Å²) in [6.07, 6.45) is 0.776.